The molecule has 2 aromatic rings. The first-order valence-corrected chi connectivity index (χ1v) is 12.1. The molecule has 1 N–H and O–H groups in total. The van der Waals surface area contributed by atoms with Crippen LogP contribution in [-0.2, 0) is 37.2 Å². The van der Waals surface area contributed by atoms with Crippen LogP contribution in [0.4, 0.5) is 5.69 Å². The van der Waals surface area contributed by atoms with Crippen LogP contribution in [0.3, 0.4) is 0 Å². The predicted molar refractivity (Wildman–Crippen MR) is 120 cm³/mol. The summed E-state index contributed by atoms with van der Waals surface area (Å²) in [6, 6.07) is 13.9. The zero-order chi connectivity index (χ0) is 22.7. The van der Waals surface area contributed by atoms with Crippen molar-refractivity contribution in [3.63, 3.8) is 0 Å². The minimum atomic E-state index is -3.65. The Morgan fingerprint density at radius 1 is 1.09 bits per heavy atom. The number of anilines is 1. The highest BCUT2D eigenvalue weighted by Crippen LogP contribution is 2.35. The van der Waals surface area contributed by atoms with Crippen molar-refractivity contribution in [3.8, 4) is 0 Å². The molecule has 0 bridgehead atoms. The van der Waals surface area contributed by atoms with Gasteiger partial charge in [0.2, 0.25) is 21.8 Å². The number of fused-ring (bicyclic) bond motifs is 1. The van der Waals surface area contributed by atoms with Gasteiger partial charge < -0.3 is 10.1 Å². The minimum absolute atomic E-state index is 0.173. The largest absolute Gasteiger partial charge is 0.379 e. The molecule has 1 atom stereocenters. The predicted octanol–water partition coefficient (Wildman–Crippen LogP) is 1.34. The van der Waals surface area contributed by atoms with Crippen molar-refractivity contribution >= 4 is 27.5 Å². The highest BCUT2D eigenvalue weighted by atomic mass is 32.2. The van der Waals surface area contributed by atoms with Crippen molar-refractivity contribution in [3.05, 3.63) is 59.7 Å². The first kappa shape index (κ1) is 22.4. The molecule has 0 saturated carbocycles. The van der Waals surface area contributed by atoms with Crippen LogP contribution >= 0.6 is 0 Å². The van der Waals surface area contributed by atoms with Gasteiger partial charge >= 0.3 is 0 Å². The lowest BCUT2D eigenvalue weighted by Gasteiger charge is -2.26. The number of carbonyl (C=O) groups is 2. The van der Waals surface area contributed by atoms with Crippen LogP contribution in [0.25, 0.3) is 0 Å². The summed E-state index contributed by atoms with van der Waals surface area (Å²) in [7, 11) is -3.65. The summed E-state index contributed by atoms with van der Waals surface area (Å²) >= 11 is 0. The van der Waals surface area contributed by atoms with Crippen molar-refractivity contribution < 1.29 is 22.7 Å². The van der Waals surface area contributed by atoms with Crippen LogP contribution in [0.5, 0.6) is 0 Å². The van der Waals surface area contributed by atoms with E-state index in [2.05, 4.69) is 5.32 Å². The maximum absolute atomic E-state index is 13.0. The quantitative estimate of drug-likeness (QED) is 0.706. The molecule has 9 heteroatoms. The van der Waals surface area contributed by atoms with Gasteiger partial charge in [-0.25, -0.2) is 8.42 Å². The summed E-state index contributed by atoms with van der Waals surface area (Å²) in [6.07, 6.45) is 0.965. The molecule has 0 aromatic heterocycles. The second-order valence-electron chi connectivity index (χ2n) is 7.94. The normalized spacial score (nSPS) is 18.9. The topological polar surface area (TPSA) is 96.0 Å². The average molecular weight is 458 g/mol. The van der Waals surface area contributed by atoms with Crippen LogP contribution in [0.1, 0.15) is 18.1 Å². The van der Waals surface area contributed by atoms with E-state index in [1.165, 1.54) is 22.2 Å². The van der Waals surface area contributed by atoms with Crippen LogP contribution in [0.15, 0.2) is 53.4 Å². The number of hydrogen-bond acceptors (Lipinski definition) is 5. The number of nitrogens with one attached hydrogen (secondary N) is 1. The molecule has 1 saturated heterocycles. The van der Waals surface area contributed by atoms with Gasteiger partial charge in [-0.1, -0.05) is 30.3 Å². The summed E-state index contributed by atoms with van der Waals surface area (Å²) in [5.74, 6) is -0.499. The Morgan fingerprint density at radius 3 is 2.50 bits per heavy atom. The van der Waals surface area contributed by atoms with Gasteiger partial charge in [0.15, 0.2) is 0 Å². The van der Waals surface area contributed by atoms with Gasteiger partial charge in [-0.3, -0.25) is 14.5 Å². The third kappa shape index (κ3) is 4.55. The maximum Gasteiger partial charge on any atom is 0.243 e. The molecule has 2 aliphatic rings. The molecule has 2 aromatic carbocycles. The van der Waals surface area contributed by atoms with Crippen molar-refractivity contribution in [1.29, 1.82) is 0 Å². The van der Waals surface area contributed by atoms with Crippen molar-refractivity contribution in [2.45, 2.75) is 30.7 Å². The average Bonchev–Trinajstić information content (AvgIpc) is 3.19. The number of rotatable bonds is 6. The molecule has 32 heavy (non-hydrogen) atoms. The summed E-state index contributed by atoms with van der Waals surface area (Å²) in [5.41, 5.74) is 2.38. The molecule has 2 amide bonds. The van der Waals surface area contributed by atoms with Crippen LogP contribution in [0.2, 0.25) is 0 Å². The number of morpholine rings is 1. The van der Waals surface area contributed by atoms with Gasteiger partial charge in [0.05, 0.1) is 18.1 Å². The Balaban J connectivity index is 1.50. The highest BCUT2D eigenvalue weighted by molar-refractivity contribution is 7.89. The van der Waals surface area contributed by atoms with Gasteiger partial charge in [0.1, 0.15) is 6.04 Å². The van der Waals surface area contributed by atoms with Crippen molar-refractivity contribution in [2.24, 2.45) is 0 Å². The number of ether oxygens (including phenoxy) is 1. The summed E-state index contributed by atoms with van der Waals surface area (Å²) in [5, 5.41) is 2.92. The molecule has 4 rings (SSSR count). The standard InChI is InChI=1S/C23H27N3O5S/c1-17(27)26-21-8-7-20(32(29,30)25-11-13-31-14-12-25)15-19(21)16-22(26)23(28)24-10-9-18-5-3-2-4-6-18/h2-8,15,22H,9-14,16H2,1H3,(H,24,28)/t22-/m0/s1. The zero-order valence-electron chi connectivity index (χ0n) is 18.0. The molecule has 170 valence electrons. The van der Waals surface area contributed by atoms with Crippen molar-refractivity contribution in [2.75, 3.05) is 37.7 Å². The first-order valence-electron chi connectivity index (χ1n) is 10.7. The summed E-state index contributed by atoms with van der Waals surface area (Å²) in [4.78, 5) is 26.9. The molecule has 1 fully saturated rings. The van der Waals surface area contributed by atoms with Crippen LogP contribution in [0, 0.1) is 0 Å². The molecule has 2 heterocycles. The van der Waals surface area contributed by atoms with E-state index < -0.39 is 16.1 Å². The lowest BCUT2D eigenvalue weighted by Crippen LogP contribution is -2.47. The maximum atomic E-state index is 13.0. The Labute approximate surface area is 188 Å². The Morgan fingerprint density at radius 2 is 1.81 bits per heavy atom. The fraction of sp³-hybridized carbons (Fsp3) is 0.391. The number of carbonyl (C=O) groups excluding carboxylic acids is 2. The van der Waals surface area contributed by atoms with E-state index in [-0.39, 0.29) is 23.1 Å². The molecule has 8 nitrogen and oxygen atoms in total. The fourth-order valence-electron chi connectivity index (χ4n) is 4.22. The molecule has 0 radical (unpaired) electrons. The number of hydrogen-bond donors (Lipinski definition) is 1. The monoisotopic (exact) mass is 457 g/mol. The van der Waals surface area contributed by atoms with Gasteiger partial charge in [0.25, 0.3) is 0 Å². The van der Waals surface area contributed by atoms with Gasteiger partial charge in [-0.05, 0) is 35.7 Å². The van der Waals surface area contributed by atoms with Gasteiger partial charge in [0, 0.05) is 38.7 Å². The number of amides is 2. The Kier molecular flexibility index (Phi) is 6.59. The number of benzene rings is 2. The van der Waals surface area contributed by atoms with Gasteiger partial charge in [-0.15, -0.1) is 0 Å². The third-order valence-electron chi connectivity index (χ3n) is 5.84. The molecular weight excluding hydrogens is 430 g/mol. The molecule has 0 spiro atoms. The van der Waals surface area contributed by atoms with E-state index in [0.29, 0.717) is 50.5 Å². The molecule has 0 aliphatic carbocycles. The third-order valence-corrected chi connectivity index (χ3v) is 7.74. The summed E-state index contributed by atoms with van der Waals surface area (Å²) in [6.45, 7) is 3.23. The highest BCUT2D eigenvalue weighted by Gasteiger charge is 2.38. The number of nitrogens with zero attached hydrogens (tertiary/aromatic N) is 2. The zero-order valence-corrected chi connectivity index (χ0v) is 18.8. The second kappa shape index (κ2) is 9.40. The number of sulfonamides is 1. The Hall–Kier alpha value is -2.75. The van der Waals surface area contributed by atoms with Crippen LogP contribution in [-0.4, -0.2) is 63.4 Å². The molecular formula is C23H27N3O5S. The van der Waals surface area contributed by atoms with E-state index in [9.17, 15) is 18.0 Å². The van der Waals surface area contributed by atoms with E-state index >= 15 is 0 Å². The van der Waals surface area contributed by atoms with Crippen LogP contribution < -0.4 is 10.2 Å². The lowest BCUT2D eigenvalue weighted by atomic mass is 10.1. The van der Waals surface area contributed by atoms with E-state index in [4.69, 9.17) is 4.74 Å². The SMILES string of the molecule is CC(=O)N1c2ccc(S(=O)(=O)N3CCOCC3)cc2C[C@H]1C(=O)NCCc1ccccc1. The molecule has 2 aliphatic heterocycles. The Bertz CT molecular complexity index is 1100. The minimum Gasteiger partial charge on any atom is -0.379 e. The van der Waals surface area contributed by atoms with Gasteiger partial charge in [-0.2, -0.15) is 4.31 Å². The van der Waals surface area contributed by atoms with E-state index in [0.717, 1.165) is 5.56 Å². The fourth-order valence-corrected chi connectivity index (χ4v) is 5.68. The smallest absolute Gasteiger partial charge is 0.243 e. The van der Waals surface area contributed by atoms with E-state index in [1.54, 1.807) is 12.1 Å². The lowest BCUT2D eigenvalue weighted by molar-refractivity contribution is -0.125. The first-order chi connectivity index (χ1) is 15.4. The summed E-state index contributed by atoms with van der Waals surface area (Å²) < 4.78 is 32.7. The second-order valence-corrected chi connectivity index (χ2v) is 9.88. The van der Waals surface area contributed by atoms with Crippen molar-refractivity contribution in [1.82, 2.24) is 9.62 Å². The molecule has 0 unspecified atom stereocenters. The van der Waals surface area contributed by atoms with E-state index in [1.807, 2.05) is 30.3 Å².